The van der Waals surface area contributed by atoms with Crippen molar-refractivity contribution in [2.45, 2.75) is 10.2 Å². The molecule has 9 rings (SSSR count). The van der Waals surface area contributed by atoms with Gasteiger partial charge in [0, 0.05) is 17.3 Å². The first-order valence-electron chi connectivity index (χ1n) is 14.1. The molecule has 0 N–H and O–H groups in total. The lowest BCUT2D eigenvalue weighted by atomic mass is 9.55. The van der Waals surface area contributed by atoms with Gasteiger partial charge >= 0.3 is 0 Å². The largest absolute Gasteiger partial charge is 0.280 e. The maximum atomic E-state index is 14.3. The van der Waals surface area contributed by atoms with Crippen molar-refractivity contribution in [1.29, 1.82) is 0 Å². The summed E-state index contributed by atoms with van der Waals surface area (Å²) < 4.78 is -0.846. The minimum atomic E-state index is -0.846. The van der Waals surface area contributed by atoms with Gasteiger partial charge in [-0.15, -0.1) is 0 Å². The maximum absolute atomic E-state index is 14.3. The van der Waals surface area contributed by atoms with Gasteiger partial charge in [-0.2, -0.15) is 0 Å². The first-order chi connectivity index (χ1) is 20.5. The van der Waals surface area contributed by atoms with Gasteiger partial charge in [0.15, 0.2) is 0 Å². The summed E-state index contributed by atoms with van der Waals surface area (Å²) in [5.74, 6) is -2.41. The van der Waals surface area contributed by atoms with E-state index in [9.17, 15) is 14.4 Å². The van der Waals surface area contributed by atoms with E-state index in [0.717, 1.165) is 33.0 Å². The number of carbonyl (C=O) groups is 3. The summed E-state index contributed by atoms with van der Waals surface area (Å²) >= 11 is 4.03. The molecule has 0 spiro atoms. The van der Waals surface area contributed by atoms with E-state index >= 15 is 0 Å². The number of amides is 3. The van der Waals surface area contributed by atoms with E-state index in [1.54, 1.807) is 4.90 Å². The Morgan fingerprint density at radius 1 is 0.690 bits per heavy atom. The molecule has 2 atom stereocenters. The lowest BCUT2D eigenvalue weighted by molar-refractivity contribution is -0.143. The second-order valence-corrected chi connectivity index (χ2v) is 12.5. The van der Waals surface area contributed by atoms with Crippen LogP contribution in [0.4, 0.5) is 11.4 Å². The summed E-state index contributed by atoms with van der Waals surface area (Å²) in [6, 6.07) is 39.3. The van der Waals surface area contributed by atoms with Crippen LogP contribution in [0.15, 0.2) is 121 Å². The number of alkyl halides is 1. The third-order valence-electron chi connectivity index (χ3n) is 9.15. The molecule has 5 nitrogen and oxygen atoms in total. The zero-order valence-electron chi connectivity index (χ0n) is 22.5. The lowest BCUT2D eigenvalue weighted by Crippen LogP contribution is -2.50. The van der Waals surface area contributed by atoms with E-state index in [4.69, 9.17) is 0 Å². The summed E-state index contributed by atoms with van der Waals surface area (Å²) in [7, 11) is 0. The van der Waals surface area contributed by atoms with Gasteiger partial charge in [-0.05, 0) is 57.3 Å². The van der Waals surface area contributed by atoms with Crippen molar-refractivity contribution in [3.63, 3.8) is 0 Å². The van der Waals surface area contributed by atoms with Crippen LogP contribution in [0.3, 0.4) is 0 Å². The van der Waals surface area contributed by atoms with E-state index < -0.39 is 16.2 Å². The van der Waals surface area contributed by atoms with Crippen molar-refractivity contribution in [2.75, 3.05) is 11.4 Å². The first kappa shape index (κ1) is 25.2. The van der Waals surface area contributed by atoms with E-state index in [-0.39, 0.29) is 30.2 Å². The highest BCUT2D eigenvalue weighted by Gasteiger charge is 2.67. The average molecular weight is 614 g/mol. The van der Waals surface area contributed by atoms with Crippen molar-refractivity contribution in [3.8, 4) is 0 Å². The smallest absolute Gasteiger partial charge is 0.251 e. The second-order valence-electron chi connectivity index (χ2n) is 11.2. The van der Waals surface area contributed by atoms with Crippen molar-refractivity contribution in [2.24, 2.45) is 11.8 Å². The van der Waals surface area contributed by atoms with Crippen LogP contribution in [-0.2, 0) is 18.7 Å². The van der Waals surface area contributed by atoms with Crippen molar-refractivity contribution in [3.05, 3.63) is 144 Å². The molecule has 204 valence electrons. The lowest BCUT2D eigenvalue weighted by Gasteiger charge is -2.51. The zero-order valence-corrected chi connectivity index (χ0v) is 24.1. The van der Waals surface area contributed by atoms with Crippen LogP contribution in [0.1, 0.15) is 28.2 Å². The molecule has 3 aliphatic carbocycles. The Kier molecular flexibility index (Phi) is 5.53. The molecule has 0 aromatic heterocycles. The predicted octanol–water partition coefficient (Wildman–Crippen LogP) is 6.90. The van der Waals surface area contributed by atoms with Crippen molar-refractivity contribution >= 4 is 55.8 Å². The van der Waals surface area contributed by atoms with Crippen molar-refractivity contribution in [1.82, 2.24) is 4.90 Å². The standard InChI is InChI=1S/C36H25BrN2O3/c37-36-28-16-8-6-14-26(28)31(27-15-7-9-17-29(27)36)32-33(36)35(42)38(34(32)41)21-30(40)39(24-12-2-1-3-13-24)25-19-18-22-10-4-5-11-23(22)20-25/h1-20,31-33H,21H2/t31?,32-,33-,36?/m0/s1. The van der Waals surface area contributed by atoms with E-state index in [0.29, 0.717) is 11.4 Å². The number of hydrogen-bond donors (Lipinski definition) is 0. The number of rotatable bonds is 4. The number of anilines is 2. The fraction of sp³-hybridized carbons (Fsp3) is 0.139. The predicted molar refractivity (Wildman–Crippen MR) is 166 cm³/mol. The number of fused-ring (bicyclic) bond motifs is 1. The Labute approximate surface area is 251 Å². The van der Waals surface area contributed by atoms with Gasteiger partial charge in [-0.1, -0.05) is 113 Å². The first-order valence-corrected chi connectivity index (χ1v) is 14.9. The number of likely N-dealkylation sites (tertiary alicyclic amines) is 1. The molecule has 3 amide bonds. The van der Waals surface area contributed by atoms with E-state index in [1.807, 2.05) is 109 Å². The highest BCUT2D eigenvalue weighted by Crippen LogP contribution is 2.66. The summed E-state index contributed by atoms with van der Waals surface area (Å²) in [4.78, 5) is 45.5. The number of nitrogens with zero attached hydrogens (tertiary/aromatic N) is 2. The molecule has 42 heavy (non-hydrogen) atoms. The molecule has 1 aliphatic heterocycles. The summed E-state index contributed by atoms with van der Waals surface area (Å²) in [6.45, 7) is -0.338. The quantitative estimate of drug-likeness (QED) is 0.164. The van der Waals surface area contributed by atoms with Gasteiger partial charge in [0.25, 0.3) is 5.91 Å². The van der Waals surface area contributed by atoms with Crippen LogP contribution < -0.4 is 4.90 Å². The summed E-state index contributed by atoms with van der Waals surface area (Å²) in [5.41, 5.74) is 5.51. The van der Waals surface area contributed by atoms with E-state index in [1.165, 1.54) is 4.90 Å². The minimum Gasteiger partial charge on any atom is -0.280 e. The minimum absolute atomic E-state index is 0.246. The highest BCUT2D eigenvalue weighted by molar-refractivity contribution is 9.09. The van der Waals surface area contributed by atoms with Crippen LogP contribution in [0.5, 0.6) is 0 Å². The maximum Gasteiger partial charge on any atom is 0.251 e. The number of imide groups is 1. The van der Waals surface area contributed by atoms with Crippen LogP contribution in [0.2, 0.25) is 0 Å². The van der Waals surface area contributed by atoms with Crippen LogP contribution in [0.25, 0.3) is 10.8 Å². The molecule has 5 aromatic carbocycles. The molecule has 1 fully saturated rings. The molecule has 1 saturated heterocycles. The van der Waals surface area contributed by atoms with Crippen LogP contribution >= 0.6 is 15.9 Å². The molecular formula is C36H25BrN2O3. The number of carbonyl (C=O) groups excluding carboxylic acids is 3. The number of para-hydroxylation sites is 1. The fourth-order valence-electron chi connectivity index (χ4n) is 7.43. The normalized spacial score (nSPS) is 23.5. The summed E-state index contributed by atoms with van der Waals surface area (Å²) in [6.07, 6.45) is 0. The molecular weight excluding hydrogens is 588 g/mol. The van der Waals surface area contributed by atoms with Gasteiger partial charge in [0.2, 0.25) is 11.8 Å². The Hall–Kier alpha value is -4.55. The average Bonchev–Trinajstić information content (AvgIpc) is 3.28. The third kappa shape index (κ3) is 3.39. The highest BCUT2D eigenvalue weighted by atomic mass is 79.9. The molecule has 4 aliphatic rings. The molecule has 0 saturated carbocycles. The second kappa shape index (κ2) is 9.23. The molecule has 0 radical (unpaired) electrons. The molecule has 6 heteroatoms. The third-order valence-corrected chi connectivity index (χ3v) is 10.5. The van der Waals surface area contributed by atoms with Crippen molar-refractivity contribution < 1.29 is 14.4 Å². The number of hydrogen-bond acceptors (Lipinski definition) is 3. The molecule has 0 unspecified atom stereocenters. The van der Waals surface area contributed by atoms with E-state index in [2.05, 4.69) is 28.1 Å². The Balaban J connectivity index is 1.20. The SMILES string of the molecule is O=C1[C@@H]2[C@@H](C(=O)N1CC(=O)N(c1ccccc1)c1ccc3ccccc3c1)C1c3ccccc3C2(Br)c2ccccc21. The zero-order chi connectivity index (χ0) is 28.6. The summed E-state index contributed by atoms with van der Waals surface area (Å²) in [5, 5.41) is 2.06. The fourth-order valence-corrected chi connectivity index (χ4v) is 8.63. The Morgan fingerprint density at radius 2 is 1.29 bits per heavy atom. The molecule has 2 bridgehead atoms. The van der Waals surface area contributed by atoms with Gasteiger partial charge in [0.1, 0.15) is 6.54 Å². The molecule has 5 aromatic rings. The Morgan fingerprint density at radius 3 is 1.98 bits per heavy atom. The van der Waals surface area contributed by atoms with Crippen LogP contribution in [0, 0.1) is 11.8 Å². The number of benzene rings is 5. The topological polar surface area (TPSA) is 57.7 Å². The van der Waals surface area contributed by atoms with Gasteiger partial charge < -0.3 is 0 Å². The molecule has 1 heterocycles. The van der Waals surface area contributed by atoms with Gasteiger partial charge in [-0.3, -0.25) is 24.2 Å². The van der Waals surface area contributed by atoms with Gasteiger partial charge in [-0.25, -0.2) is 0 Å². The van der Waals surface area contributed by atoms with Crippen LogP contribution in [-0.4, -0.2) is 29.2 Å². The Bertz CT molecular complexity index is 1890. The monoisotopic (exact) mass is 612 g/mol. The number of halogens is 1. The van der Waals surface area contributed by atoms with Gasteiger partial charge in [0.05, 0.1) is 16.2 Å².